The van der Waals surface area contributed by atoms with Crippen molar-refractivity contribution in [2.24, 2.45) is 0 Å². The van der Waals surface area contributed by atoms with Gasteiger partial charge in [-0.05, 0) is 37.6 Å². The first-order chi connectivity index (χ1) is 14.9. The number of para-hydroxylation sites is 2. The Balaban J connectivity index is 1.88. The Morgan fingerprint density at radius 3 is 2.55 bits per heavy atom. The zero-order chi connectivity index (χ0) is 22.4. The van der Waals surface area contributed by atoms with Crippen LogP contribution in [0.15, 0.2) is 59.4 Å². The number of hydrogen-bond donors (Lipinski definition) is 1. The molecule has 0 aliphatic carbocycles. The molecule has 160 valence electrons. The molecule has 0 radical (unpaired) electrons. The van der Waals surface area contributed by atoms with Gasteiger partial charge in [0.25, 0.3) is 11.5 Å². The Labute approximate surface area is 177 Å². The van der Waals surface area contributed by atoms with Gasteiger partial charge in [0, 0.05) is 0 Å². The molecule has 8 nitrogen and oxygen atoms in total. The van der Waals surface area contributed by atoms with E-state index in [2.05, 4.69) is 10.4 Å². The van der Waals surface area contributed by atoms with Gasteiger partial charge in [0.05, 0.1) is 24.0 Å². The summed E-state index contributed by atoms with van der Waals surface area (Å²) in [5.41, 5.74) is 0.414. The van der Waals surface area contributed by atoms with E-state index < -0.39 is 29.9 Å². The molecule has 1 amide bonds. The van der Waals surface area contributed by atoms with Gasteiger partial charge in [-0.15, -0.1) is 0 Å². The molecule has 0 saturated carbocycles. The van der Waals surface area contributed by atoms with Gasteiger partial charge in [-0.1, -0.05) is 30.3 Å². The highest BCUT2D eigenvalue weighted by atomic mass is 19.1. The number of carbonyl (C=O) groups excluding carboxylic acids is 2. The monoisotopic (exact) mass is 425 g/mol. The summed E-state index contributed by atoms with van der Waals surface area (Å²) in [6, 6.07) is 13.7. The first-order valence-corrected chi connectivity index (χ1v) is 9.45. The number of esters is 1. The molecule has 0 spiro atoms. The maximum Gasteiger partial charge on any atom is 0.362 e. The molecule has 0 bridgehead atoms. The number of benzene rings is 2. The topological polar surface area (TPSA) is 99.5 Å². The molecule has 0 aliphatic rings. The van der Waals surface area contributed by atoms with Gasteiger partial charge in [0.15, 0.2) is 12.4 Å². The molecule has 1 aromatic heterocycles. The fraction of sp³-hybridized carbons (Fsp3) is 0.182. The lowest BCUT2D eigenvalue weighted by atomic mass is 10.2. The second-order valence-electron chi connectivity index (χ2n) is 6.43. The van der Waals surface area contributed by atoms with Gasteiger partial charge in [-0.25, -0.2) is 9.18 Å². The molecule has 3 rings (SSSR count). The van der Waals surface area contributed by atoms with Gasteiger partial charge < -0.3 is 14.8 Å². The summed E-state index contributed by atoms with van der Waals surface area (Å²) in [4.78, 5) is 37.2. The van der Waals surface area contributed by atoms with Gasteiger partial charge in [-0.3, -0.25) is 9.59 Å². The number of nitrogens with one attached hydrogen (secondary N) is 1. The highest BCUT2D eigenvalue weighted by molar-refractivity contribution is 5.93. The number of aryl methyl sites for hydroxylation is 1. The minimum atomic E-state index is -0.811. The summed E-state index contributed by atoms with van der Waals surface area (Å²) in [7, 11) is 0. The first-order valence-electron chi connectivity index (χ1n) is 9.45. The van der Waals surface area contributed by atoms with E-state index in [0.29, 0.717) is 5.69 Å². The lowest BCUT2D eigenvalue weighted by Gasteiger charge is -2.13. The average molecular weight is 425 g/mol. The van der Waals surface area contributed by atoms with Crippen molar-refractivity contribution in [3.63, 3.8) is 0 Å². The summed E-state index contributed by atoms with van der Waals surface area (Å²) in [5, 5.41) is 6.47. The molecule has 3 aromatic rings. The average Bonchev–Trinajstić information content (AvgIpc) is 2.75. The van der Waals surface area contributed by atoms with Crippen molar-refractivity contribution in [3.8, 4) is 11.4 Å². The maximum atomic E-state index is 13.7. The predicted octanol–water partition coefficient (Wildman–Crippen LogP) is 2.87. The molecule has 9 heteroatoms. The summed E-state index contributed by atoms with van der Waals surface area (Å²) in [6.45, 7) is 2.93. The van der Waals surface area contributed by atoms with Crippen molar-refractivity contribution in [3.05, 3.63) is 82.0 Å². The molecule has 1 heterocycles. The van der Waals surface area contributed by atoms with E-state index in [-0.39, 0.29) is 23.7 Å². The molecule has 31 heavy (non-hydrogen) atoms. The smallest absolute Gasteiger partial charge is 0.362 e. The van der Waals surface area contributed by atoms with Crippen molar-refractivity contribution < 1.29 is 23.5 Å². The minimum Gasteiger partial charge on any atom is -0.481 e. The van der Waals surface area contributed by atoms with E-state index in [1.54, 1.807) is 38.1 Å². The molecular formula is C22H20FN3O5. The van der Waals surface area contributed by atoms with Crippen LogP contribution < -0.4 is 15.6 Å². The standard InChI is InChI=1S/C22H20FN3O5/c1-3-30-22(29)21-18(31-13-19(27)24-16-10-6-5-9-15(16)23)12-20(28)26(25-21)17-11-7-4-8-14(17)2/h4-12H,3,13H2,1-2H3,(H,24,27). The summed E-state index contributed by atoms with van der Waals surface area (Å²) >= 11 is 0. The Kier molecular flexibility index (Phi) is 6.76. The largest absolute Gasteiger partial charge is 0.481 e. The highest BCUT2D eigenvalue weighted by Crippen LogP contribution is 2.18. The fourth-order valence-corrected chi connectivity index (χ4v) is 2.76. The molecule has 0 unspecified atom stereocenters. The Morgan fingerprint density at radius 2 is 1.84 bits per heavy atom. The van der Waals surface area contributed by atoms with E-state index in [4.69, 9.17) is 9.47 Å². The van der Waals surface area contributed by atoms with Crippen LogP contribution in [0.25, 0.3) is 5.69 Å². The molecule has 0 fully saturated rings. The van der Waals surface area contributed by atoms with Crippen LogP contribution in [0.5, 0.6) is 5.75 Å². The molecule has 1 N–H and O–H groups in total. The zero-order valence-corrected chi connectivity index (χ0v) is 16.9. The Bertz CT molecular complexity index is 1180. The van der Waals surface area contributed by atoms with Crippen molar-refractivity contribution in [2.75, 3.05) is 18.5 Å². The predicted molar refractivity (Wildman–Crippen MR) is 111 cm³/mol. The SMILES string of the molecule is CCOC(=O)c1nn(-c2ccccc2C)c(=O)cc1OCC(=O)Nc1ccccc1F. The van der Waals surface area contributed by atoms with Crippen LogP contribution in [0, 0.1) is 12.7 Å². The summed E-state index contributed by atoms with van der Waals surface area (Å²) in [6.07, 6.45) is 0. The third-order valence-electron chi connectivity index (χ3n) is 4.22. The number of nitrogens with zero attached hydrogens (tertiary/aromatic N) is 2. The maximum absolute atomic E-state index is 13.7. The number of carbonyl (C=O) groups is 2. The van der Waals surface area contributed by atoms with E-state index >= 15 is 0 Å². The van der Waals surface area contributed by atoms with Gasteiger partial charge in [-0.2, -0.15) is 9.78 Å². The van der Waals surface area contributed by atoms with Crippen LogP contribution in [0.3, 0.4) is 0 Å². The van der Waals surface area contributed by atoms with Crippen LogP contribution in [0.1, 0.15) is 23.0 Å². The molecule has 0 atom stereocenters. The highest BCUT2D eigenvalue weighted by Gasteiger charge is 2.21. The van der Waals surface area contributed by atoms with E-state index in [1.807, 2.05) is 6.07 Å². The van der Waals surface area contributed by atoms with E-state index in [1.165, 1.54) is 18.2 Å². The number of ether oxygens (including phenoxy) is 2. The van der Waals surface area contributed by atoms with Gasteiger partial charge in [0.1, 0.15) is 5.82 Å². The van der Waals surface area contributed by atoms with Gasteiger partial charge >= 0.3 is 5.97 Å². The van der Waals surface area contributed by atoms with Crippen LogP contribution in [-0.2, 0) is 9.53 Å². The fourth-order valence-electron chi connectivity index (χ4n) is 2.76. The van der Waals surface area contributed by atoms with Crippen LogP contribution in [-0.4, -0.2) is 34.9 Å². The number of halogens is 1. The van der Waals surface area contributed by atoms with Crippen molar-refractivity contribution in [1.82, 2.24) is 9.78 Å². The second-order valence-corrected chi connectivity index (χ2v) is 6.43. The van der Waals surface area contributed by atoms with Gasteiger partial charge in [0.2, 0.25) is 5.69 Å². The normalized spacial score (nSPS) is 10.4. The minimum absolute atomic E-state index is 0.0187. The van der Waals surface area contributed by atoms with E-state index in [0.717, 1.165) is 16.3 Å². The van der Waals surface area contributed by atoms with Crippen LogP contribution in [0.2, 0.25) is 0 Å². The molecular weight excluding hydrogens is 405 g/mol. The molecule has 2 aromatic carbocycles. The van der Waals surface area contributed by atoms with Crippen LogP contribution >= 0.6 is 0 Å². The number of anilines is 1. The summed E-state index contributed by atoms with van der Waals surface area (Å²) < 4.78 is 25.1. The number of hydrogen-bond acceptors (Lipinski definition) is 6. The lowest BCUT2D eigenvalue weighted by Crippen LogP contribution is -2.27. The Hall–Kier alpha value is -4.01. The Morgan fingerprint density at radius 1 is 1.13 bits per heavy atom. The van der Waals surface area contributed by atoms with Crippen molar-refractivity contribution in [2.45, 2.75) is 13.8 Å². The molecule has 0 aliphatic heterocycles. The lowest BCUT2D eigenvalue weighted by molar-refractivity contribution is -0.118. The van der Waals surface area contributed by atoms with Crippen molar-refractivity contribution >= 4 is 17.6 Å². The van der Waals surface area contributed by atoms with Crippen molar-refractivity contribution in [1.29, 1.82) is 0 Å². The molecule has 0 saturated heterocycles. The second kappa shape index (κ2) is 9.66. The number of amides is 1. The third kappa shape index (κ3) is 5.13. The quantitative estimate of drug-likeness (QED) is 0.585. The zero-order valence-electron chi connectivity index (χ0n) is 16.9. The number of aromatic nitrogens is 2. The number of rotatable bonds is 7. The first kappa shape index (κ1) is 21.7. The van der Waals surface area contributed by atoms with Crippen LogP contribution in [0.4, 0.5) is 10.1 Å². The summed E-state index contributed by atoms with van der Waals surface area (Å²) in [5.74, 6) is -2.31. The third-order valence-corrected chi connectivity index (χ3v) is 4.22. The van der Waals surface area contributed by atoms with E-state index in [9.17, 15) is 18.8 Å².